The Balaban J connectivity index is 2.20. The van der Waals surface area contributed by atoms with E-state index in [9.17, 15) is 0 Å². The van der Waals surface area contributed by atoms with Crippen LogP contribution in [-0.4, -0.2) is 15.2 Å². The third-order valence-electron chi connectivity index (χ3n) is 3.17. The Morgan fingerprint density at radius 1 is 1.15 bits per heavy atom. The number of benzene rings is 1. The summed E-state index contributed by atoms with van der Waals surface area (Å²) in [6, 6.07) is 11.4. The number of nitrogens with one attached hydrogen (secondary N) is 1. The SMILES string of the molecule is Cc1[nH]nc(-c2ccc(Cl)cc2)c1-c1cccnc1N. The molecule has 0 bridgehead atoms. The first-order chi connectivity index (χ1) is 9.66. The second-order valence-electron chi connectivity index (χ2n) is 4.52. The zero-order valence-electron chi connectivity index (χ0n) is 10.9. The van der Waals surface area contributed by atoms with Crippen molar-refractivity contribution in [2.24, 2.45) is 0 Å². The van der Waals surface area contributed by atoms with Crippen molar-refractivity contribution in [1.82, 2.24) is 15.2 Å². The van der Waals surface area contributed by atoms with Gasteiger partial charge in [0.25, 0.3) is 0 Å². The van der Waals surface area contributed by atoms with Crippen LogP contribution in [0, 0.1) is 6.92 Å². The largest absolute Gasteiger partial charge is 0.383 e. The molecule has 0 fully saturated rings. The monoisotopic (exact) mass is 284 g/mol. The number of H-pyrrole nitrogens is 1. The maximum atomic E-state index is 5.98. The molecule has 5 heteroatoms. The van der Waals surface area contributed by atoms with Gasteiger partial charge in [-0.2, -0.15) is 5.10 Å². The van der Waals surface area contributed by atoms with Gasteiger partial charge in [0, 0.05) is 33.6 Å². The van der Waals surface area contributed by atoms with Gasteiger partial charge in [-0.1, -0.05) is 23.7 Å². The van der Waals surface area contributed by atoms with Crippen LogP contribution < -0.4 is 5.73 Å². The Morgan fingerprint density at radius 2 is 1.90 bits per heavy atom. The molecule has 3 aromatic rings. The second-order valence-corrected chi connectivity index (χ2v) is 4.95. The summed E-state index contributed by atoms with van der Waals surface area (Å²) in [4.78, 5) is 4.14. The molecule has 20 heavy (non-hydrogen) atoms. The highest BCUT2D eigenvalue weighted by atomic mass is 35.5. The smallest absolute Gasteiger partial charge is 0.131 e. The summed E-state index contributed by atoms with van der Waals surface area (Å²) in [6.07, 6.45) is 1.68. The summed E-state index contributed by atoms with van der Waals surface area (Å²) >= 11 is 5.93. The molecule has 3 N–H and O–H groups in total. The molecule has 0 radical (unpaired) electrons. The number of hydrogen-bond acceptors (Lipinski definition) is 3. The molecule has 0 saturated heterocycles. The number of nitrogen functional groups attached to an aromatic ring is 1. The van der Waals surface area contributed by atoms with Crippen LogP contribution >= 0.6 is 11.6 Å². The molecule has 0 atom stereocenters. The normalized spacial score (nSPS) is 10.7. The highest BCUT2D eigenvalue weighted by Gasteiger charge is 2.16. The molecular formula is C15H13ClN4. The number of aromatic amines is 1. The first-order valence-corrected chi connectivity index (χ1v) is 6.56. The van der Waals surface area contributed by atoms with E-state index >= 15 is 0 Å². The number of halogens is 1. The van der Waals surface area contributed by atoms with Gasteiger partial charge in [0.05, 0.1) is 0 Å². The summed E-state index contributed by atoms with van der Waals surface area (Å²) in [6.45, 7) is 1.97. The lowest BCUT2D eigenvalue weighted by molar-refractivity contribution is 1.05. The molecule has 100 valence electrons. The van der Waals surface area contributed by atoms with Gasteiger partial charge in [-0.05, 0) is 31.2 Å². The van der Waals surface area contributed by atoms with E-state index in [1.807, 2.05) is 43.3 Å². The van der Waals surface area contributed by atoms with E-state index in [1.165, 1.54) is 0 Å². The molecular weight excluding hydrogens is 272 g/mol. The Bertz CT molecular complexity index is 747. The first-order valence-electron chi connectivity index (χ1n) is 6.18. The average Bonchev–Trinajstić information content (AvgIpc) is 2.82. The molecule has 0 aliphatic carbocycles. The fourth-order valence-electron chi connectivity index (χ4n) is 2.20. The van der Waals surface area contributed by atoms with Crippen LogP contribution in [0.3, 0.4) is 0 Å². The molecule has 0 unspecified atom stereocenters. The van der Waals surface area contributed by atoms with Gasteiger partial charge in [-0.3, -0.25) is 5.10 Å². The maximum Gasteiger partial charge on any atom is 0.131 e. The molecule has 0 spiro atoms. The standard InChI is InChI=1S/C15H13ClN4/c1-9-13(12-3-2-8-18-15(12)17)14(20-19-9)10-4-6-11(16)7-5-10/h2-8H,1H3,(H2,17,18)(H,19,20). The number of hydrogen-bond donors (Lipinski definition) is 2. The predicted octanol–water partition coefficient (Wildman–Crippen LogP) is 3.68. The van der Waals surface area contributed by atoms with E-state index < -0.39 is 0 Å². The van der Waals surface area contributed by atoms with Gasteiger partial charge in [-0.15, -0.1) is 0 Å². The van der Waals surface area contributed by atoms with Gasteiger partial charge in [0.15, 0.2) is 0 Å². The maximum absolute atomic E-state index is 5.98. The van der Waals surface area contributed by atoms with Crippen LogP contribution in [0.5, 0.6) is 0 Å². The number of pyridine rings is 1. The van der Waals surface area contributed by atoms with Crippen LogP contribution in [0.1, 0.15) is 5.69 Å². The molecule has 0 aliphatic rings. The van der Waals surface area contributed by atoms with Crippen molar-refractivity contribution < 1.29 is 0 Å². The van der Waals surface area contributed by atoms with Crippen LogP contribution in [0.4, 0.5) is 5.82 Å². The summed E-state index contributed by atoms with van der Waals surface area (Å²) < 4.78 is 0. The van der Waals surface area contributed by atoms with Crippen molar-refractivity contribution in [2.45, 2.75) is 6.92 Å². The summed E-state index contributed by atoms with van der Waals surface area (Å²) in [5, 5.41) is 8.09. The second kappa shape index (κ2) is 4.98. The first kappa shape index (κ1) is 12.7. The topological polar surface area (TPSA) is 67.6 Å². The van der Waals surface area contributed by atoms with Gasteiger partial charge >= 0.3 is 0 Å². The van der Waals surface area contributed by atoms with E-state index in [1.54, 1.807) is 6.20 Å². The quantitative estimate of drug-likeness (QED) is 0.754. The van der Waals surface area contributed by atoms with E-state index in [2.05, 4.69) is 15.2 Å². The summed E-state index contributed by atoms with van der Waals surface area (Å²) in [7, 11) is 0. The van der Waals surface area contributed by atoms with Crippen LogP contribution in [-0.2, 0) is 0 Å². The Hall–Kier alpha value is -2.33. The Kier molecular flexibility index (Phi) is 3.16. The van der Waals surface area contributed by atoms with Crippen molar-refractivity contribution in [2.75, 3.05) is 5.73 Å². The summed E-state index contributed by atoms with van der Waals surface area (Å²) in [5.41, 5.74) is 10.6. The fraction of sp³-hybridized carbons (Fsp3) is 0.0667. The van der Waals surface area contributed by atoms with E-state index in [0.717, 1.165) is 28.1 Å². The Labute approximate surface area is 121 Å². The van der Waals surface area contributed by atoms with Crippen LogP contribution in [0.2, 0.25) is 5.02 Å². The number of aromatic nitrogens is 3. The third kappa shape index (κ3) is 2.14. The number of aryl methyl sites for hydroxylation is 1. The highest BCUT2D eigenvalue weighted by Crippen LogP contribution is 2.35. The zero-order valence-corrected chi connectivity index (χ0v) is 11.6. The minimum atomic E-state index is 0.493. The van der Waals surface area contributed by atoms with Crippen LogP contribution in [0.25, 0.3) is 22.4 Å². The van der Waals surface area contributed by atoms with Crippen molar-refractivity contribution in [3.05, 3.63) is 53.3 Å². The fourth-order valence-corrected chi connectivity index (χ4v) is 2.33. The van der Waals surface area contributed by atoms with Crippen molar-refractivity contribution in [3.8, 4) is 22.4 Å². The number of rotatable bonds is 2. The molecule has 0 aliphatic heterocycles. The molecule has 4 nitrogen and oxygen atoms in total. The van der Waals surface area contributed by atoms with E-state index in [0.29, 0.717) is 10.8 Å². The highest BCUT2D eigenvalue weighted by molar-refractivity contribution is 6.30. The van der Waals surface area contributed by atoms with Gasteiger partial charge in [0.2, 0.25) is 0 Å². The molecule has 2 heterocycles. The zero-order chi connectivity index (χ0) is 14.1. The van der Waals surface area contributed by atoms with Crippen molar-refractivity contribution in [1.29, 1.82) is 0 Å². The Morgan fingerprint density at radius 3 is 2.60 bits per heavy atom. The molecule has 1 aromatic carbocycles. The molecule has 2 aromatic heterocycles. The van der Waals surface area contributed by atoms with Gasteiger partial charge < -0.3 is 5.73 Å². The average molecular weight is 285 g/mol. The number of nitrogens with two attached hydrogens (primary N) is 1. The molecule has 0 amide bonds. The van der Waals surface area contributed by atoms with Gasteiger partial charge in [-0.25, -0.2) is 4.98 Å². The minimum Gasteiger partial charge on any atom is -0.383 e. The lowest BCUT2D eigenvalue weighted by Crippen LogP contribution is -1.94. The van der Waals surface area contributed by atoms with Crippen molar-refractivity contribution >= 4 is 17.4 Å². The summed E-state index contributed by atoms with van der Waals surface area (Å²) in [5.74, 6) is 0.493. The van der Waals surface area contributed by atoms with E-state index in [4.69, 9.17) is 17.3 Å². The van der Waals surface area contributed by atoms with Gasteiger partial charge in [0.1, 0.15) is 11.5 Å². The number of anilines is 1. The van der Waals surface area contributed by atoms with Crippen molar-refractivity contribution in [3.63, 3.8) is 0 Å². The third-order valence-corrected chi connectivity index (χ3v) is 3.42. The van der Waals surface area contributed by atoms with E-state index in [-0.39, 0.29) is 0 Å². The van der Waals surface area contributed by atoms with Crippen LogP contribution in [0.15, 0.2) is 42.6 Å². The molecule has 3 rings (SSSR count). The predicted molar refractivity (Wildman–Crippen MR) is 81.4 cm³/mol. The minimum absolute atomic E-state index is 0.493. The molecule has 0 saturated carbocycles. The lowest BCUT2D eigenvalue weighted by Gasteiger charge is -2.06. The number of nitrogens with zero attached hydrogens (tertiary/aromatic N) is 2. The lowest BCUT2D eigenvalue weighted by atomic mass is 10.00.